The molecule has 0 aliphatic rings. The Hall–Kier alpha value is -1.44. The highest BCUT2D eigenvalue weighted by atomic mass is 127. The van der Waals surface area contributed by atoms with E-state index in [9.17, 15) is 0 Å². The van der Waals surface area contributed by atoms with E-state index in [0.29, 0.717) is 0 Å². The van der Waals surface area contributed by atoms with Crippen molar-refractivity contribution in [3.05, 3.63) is 27.4 Å². The Kier molecular flexibility index (Phi) is 2.39. The molecule has 3 aromatic heterocycles. The molecular weight excluding hydrogens is 331 g/mol. The minimum atomic E-state index is 0.804. The van der Waals surface area contributed by atoms with Crippen LogP contribution < -0.4 is 0 Å². The number of aromatic nitrogens is 4. The molecule has 0 unspecified atom stereocenters. The van der Waals surface area contributed by atoms with E-state index in [4.69, 9.17) is 4.52 Å². The van der Waals surface area contributed by atoms with Gasteiger partial charge in [-0.05, 0) is 42.5 Å². The molecule has 1 N–H and O–H groups in total. The van der Waals surface area contributed by atoms with Crippen LogP contribution in [0.5, 0.6) is 0 Å². The molecule has 0 amide bonds. The molecule has 5 nitrogen and oxygen atoms in total. The zero-order valence-corrected chi connectivity index (χ0v) is 11.4. The third-order valence-electron chi connectivity index (χ3n) is 2.68. The van der Waals surface area contributed by atoms with Crippen LogP contribution in [0.15, 0.2) is 16.8 Å². The molecule has 86 valence electrons. The van der Waals surface area contributed by atoms with Gasteiger partial charge < -0.3 is 4.52 Å². The van der Waals surface area contributed by atoms with Gasteiger partial charge in [-0.1, -0.05) is 5.16 Å². The van der Waals surface area contributed by atoms with E-state index in [2.05, 4.69) is 42.9 Å². The molecule has 0 fully saturated rings. The van der Waals surface area contributed by atoms with E-state index < -0.39 is 0 Å². The Balaban J connectivity index is 2.25. The van der Waals surface area contributed by atoms with Crippen LogP contribution in [0.4, 0.5) is 0 Å². The summed E-state index contributed by atoms with van der Waals surface area (Å²) in [6.45, 7) is 3.82. The molecule has 3 aromatic rings. The lowest BCUT2D eigenvalue weighted by molar-refractivity contribution is 0.393. The van der Waals surface area contributed by atoms with Crippen LogP contribution in [0.3, 0.4) is 0 Å². The van der Waals surface area contributed by atoms with Gasteiger partial charge in [0.15, 0.2) is 0 Å². The van der Waals surface area contributed by atoms with Crippen LogP contribution in [-0.4, -0.2) is 20.3 Å². The summed E-state index contributed by atoms with van der Waals surface area (Å²) >= 11 is 2.16. The molecule has 0 radical (unpaired) electrons. The van der Waals surface area contributed by atoms with E-state index in [1.54, 1.807) is 0 Å². The molecule has 0 saturated heterocycles. The largest absolute Gasteiger partial charge is 0.361 e. The fraction of sp³-hybridized carbons (Fsp3) is 0.182. The number of hydrogen-bond acceptors (Lipinski definition) is 4. The number of nitrogens with zero attached hydrogens (tertiary/aromatic N) is 3. The summed E-state index contributed by atoms with van der Waals surface area (Å²) in [5.74, 6) is 0.804. The molecule has 0 atom stereocenters. The Morgan fingerprint density at radius 2 is 2.18 bits per heavy atom. The number of rotatable bonds is 1. The summed E-state index contributed by atoms with van der Waals surface area (Å²) in [6.07, 6.45) is 1.83. The van der Waals surface area contributed by atoms with Crippen LogP contribution >= 0.6 is 22.6 Å². The number of hydrogen-bond donors (Lipinski definition) is 1. The van der Waals surface area contributed by atoms with E-state index in [1.807, 2.05) is 26.1 Å². The number of aryl methyl sites for hydroxylation is 2. The number of H-pyrrole nitrogens is 1. The first-order valence-corrected chi connectivity index (χ1v) is 6.17. The number of fused-ring (bicyclic) bond motifs is 1. The van der Waals surface area contributed by atoms with Crippen molar-refractivity contribution in [3.63, 3.8) is 0 Å². The van der Waals surface area contributed by atoms with Gasteiger partial charge in [-0.25, -0.2) is 0 Å². The molecule has 3 heterocycles. The van der Waals surface area contributed by atoms with Crippen molar-refractivity contribution in [2.24, 2.45) is 0 Å². The average molecular weight is 340 g/mol. The van der Waals surface area contributed by atoms with Crippen LogP contribution in [-0.2, 0) is 0 Å². The lowest BCUT2D eigenvalue weighted by atomic mass is 10.1. The number of halogens is 1. The van der Waals surface area contributed by atoms with Crippen molar-refractivity contribution in [2.75, 3.05) is 0 Å². The maximum Gasteiger partial charge on any atom is 0.149 e. The highest BCUT2D eigenvalue weighted by molar-refractivity contribution is 14.1. The second-order valence-electron chi connectivity index (χ2n) is 3.83. The van der Waals surface area contributed by atoms with Gasteiger partial charge in [0.1, 0.15) is 15.0 Å². The first-order valence-electron chi connectivity index (χ1n) is 5.09. The molecule has 3 rings (SSSR count). The molecule has 0 spiro atoms. The highest BCUT2D eigenvalue weighted by Gasteiger charge is 2.13. The zero-order valence-electron chi connectivity index (χ0n) is 9.28. The third-order valence-corrected chi connectivity index (χ3v) is 3.43. The molecular formula is C11H9IN4O. The van der Waals surface area contributed by atoms with Crippen molar-refractivity contribution in [2.45, 2.75) is 13.8 Å². The Bertz CT molecular complexity index is 681. The van der Waals surface area contributed by atoms with Gasteiger partial charge in [-0.2, -0.15) is 5.10 Å². The van der Waals surface area contributed by atoms with E-state index in [1.165, 1.54) is 0 Å². The van der Waals surface area contributed by atoms with E-state index in [-0.39, 0.29) is 0 Å². The van der Waals surface area contributed by atoms with Gasteiger partial charge >= 0.3 is 0 Å². The summed E-state index contributed by atoms with van der Waals surface area (Å²) in [4.78, 5) is 4.41. The van der Waals surface area contributed by atoms with Crippen molar-refractivity contribution in [1.29, 1.82) is 0 Å². The molecule has 0 bridgehead atoms. The molecule has 0 aromatic carbocycles. The summed E-state index contributed by atoms with van der Waals surface area (Å²) in [5.41, 5.74) is 4.68. The molecule has 0 aliphatic carbocycles. The lowest BCUT2D eigenvalue weighted by Crippen LogP contribution is -1.85. The van der Waals surface area contributed by atoms with E-state index >= 15 is 0 Å². The van der Waals surface area contributed by atoms with Crippen LogP contribution in [0.25, 0.3) is 22.2 Å². The summed E-state index contributed by atoms with van der Waals surface area (Å²) in [5, 5.41) is 11.0. The SMILES string of the molecule is Cc1noc(C)c1-c1cnc2c(I)n[nH]c2c1. The second-order valence-corrected chi connectivity index (χ2v) is 4.86. The van der Waals surface area contributed by atoms with Crippen molar-refractivity contribution in [1.82, 2.24) is 20.3 Å². The highest BCUT2D eigenvalue weighted by Crippen LogP contribution is 2.28. The number of aromatic amines is 1. The minimum absolute atomic E-state index is 0.804. The van der Waals surface area contributed by atoms with Gasteiger partial charge in [0, 0.05) is 17.3 Å². The fourth-order valence-electron chi connectivity index (χ4n) is 1.91. The topological polar surface area (TPSA) is 67.6 Å². The van der Waals surface area contributed by atoms with Gasteiger partial charge in [0.2, 0.25) is 0 Å². The van der Waals surface area contributed by atoms with Gasteiger partial charge in [0.25, 0.3) is 0 Å². The molecule has 6 heteroatoms. The van der Waals surface area contributed by atoms with Gasteiger partial charge in [-0.3, -0.25) is 10.1 Å². The van der Waals surface area contributed by atoms with Crippen LogP contribution in [0.2, 0.25) is 0 Å². The monoisotopic (exact) mass is 340 g/mol. The summed E-state index contributed by atoms with van der Waals surface area (Å²) in [6, 6.07) is 2.02. The second kappa shape index (κ2) is 3.80. The van der Waals surface area contributed by atoms with Crippen molar-refractivity contribution < 1.29 is 4.52 Å². The normalized spacial score (nSPS) is 11.2. The lowest BCUT2D eigenvalue weighted by Gasteiger charge is -1.99. The Morgan fingerprint density at radius 1 is 1.35 bits per heavy atom. The first-order chi connectivity index (χ1) is 8.16. The standard InChI is InChI=1S/C11H9IN4O/c1-5-9(6(2)17-16-5)7-3-8-10(13-4-7)11(12)15-14-8/h3-4H,1-2H3,(H,14,15). The number of pyridine rings is 1. The first kappa shape index (κ1) is 10.7. The van der Waals surface area contributed by atoms with Gasteiger partial charge in [-0.15, -0.1) is 0 Å². The molecule has 0 saturated carbocycles. The smallest absolute Gasteiger partial charge is 0.149 e. The van der Waals surface area contributed by atoms with Crippen molar-refractivity contribution >= 4 is 33.6 Å². The Labute approximate surface area is 111 Å². The van der Waals surface area contributed by atoms with Crippen molar-refractivity contribution in [3.8, 4) is 11.1 Å². The molecule has 0 aliphatic heterocycles. The minimum Gasteiger partial charge on any atom is -0.361 e. The average Bonchev–Trinajstić information content (AvgIpc) is 2.83. The predicted octanol–water partition coefficient (Wildman–Crippen LogP) is 2.83. The Morgan fingerprint density at radius 3 is 2.88 bits per heavy atom. The maximum absolute atomic E-state index is 5.16. The summed E-state index contributed by atoms with van der Waals surface area (Å²) < 4.78 is 6.04. The van der Waals surface area contributed by atoms with E-state index in [0.717, 1.165) is 37.3 Å². The van der Waals surface area contributed by atoms with Gasteiger partial charge in [0.05, 0.1) is 11.2 Å². The van der Waals surface area contributed by atoms with Crippen LogP contribution in [0, 0.1) is 17.5 Å². The fourth-order valence-corrected chi connectivity index (χ4v) is 2.46. The molecule has 17 heavy (non-hydrogen) atoms. The zero-order chi connectivity index (χ0) is 12.0. The maximum atomic E-state index is 5.16. The van der Waals surface area contributed by atoms with Crippen LogP contribution in [0.1, 0.15) is 11.5 Å². The third kappa shape index (κ3) is 1.63. The quantitative estimate of drug-likeness (QED) is 0.692. The number of nitrogens with one attached hydrogen (secondary N) is 1. The summed E-state index contributed by atoms with van der Waals surface area (Å²) in [7, 11) is 0. The predicted molar refractivity (Wildman–Crippen MR) is 71.6 cm³/mol.